The van der Waals surface area contributed by atoms with Gasteiger partial charge in [0.05, 0.1) is 34.8 Å². The van der Waals surface area contributed by atoms with Crippen LogP contribution in [0.3, 0.4) is 0 Å². The van der Waals surface area contributed by atoms with E-state index in [0.717, 1.165) is 29.5 Å². The SMILES string of the molecule is Cc1c(C(=O)Nc2ccc(Oc3ccnc4cc(OCC5CCC6(CC6)O5)ccc34)cn2)c(=O)n(-c2ccccc2)n1C. The Morgan fingerprint density at radius 1 is 1.05 bits per heavy atom. The Hall–Kier alpha value is -4.96. The molecule has 10 nitrogen and oxygen atoms in total. The minimum Gasteiger partial charge on any atom is -0.491 e. The van der Waals surface area contributed by atoms with Gasteiger partial charge in [-0.15, -0.1) is 0 Å². The van der Waals surface area contributed by atoms with Gasteiger partial charge in [0.15, 0.2) is 0 Å². The topological polar surface area (TPSA) is 110 Å². The van der Waals surface area contributed by atoms with Gasteiger partial charge in [0.2, 0.25) is 0 Å². The van der Waals surface area contributed by atoms with E-state index in [1.807, 2.05) is 48.5 Å². The summed E-state index contributed by atoms with van der Waals surface area (Å²) in [7, 11) is 1.75. The average molecular weight is 578 g/mol. The zero-order valence-electron chi connectivity index (χ0n) is 23.9. The first kappa shape index (κ1) is 26.9. The molecule has 1 saturated carbocycles. The zero-order valence-corrected chi connectivity index (χ0v) is 23.9. The number of nitrogens with one attached hydrogen (secondary N) is 1. The minimum absolute atomic E-state index is 0.0580. The van der Waals surface area contributed by atoms with E-state index in [9.17, 15) is 9.59 Å². The molecule has 7 rings (SSSR count). The van der Waals surface area contributed by atoms with Gasteiger partial charge in [-0.25, -0.2) is 9.67 Å². The molecule has 3 aromatic heterocycles. The van der Waals surface area contributed by atoms with Crippen LogP contribution in [-0.2, 0) is 11.8 Å². The van der Waals surface area contributed by atoms with Gasteiger partial charge >= 0.3 is 0 Å². The summed E-state index contributed by atoms with van der Waals surface area (Å²) in [5.41, 5.74) is 1.77. The third-order valence-corrected chi connectivity index (χ3v) is 8.24. The lowest BCUT2D eigenvalue weighted by Crippen LogP contribution is -2.25. The van der Waals surface area contributed by atoms with Crippen LogP contribution in [0, 0.1) is 6.92 Å². The molecule has 4 heterocycles. The van der Waals surface area contributed by atoms with Crippen molar-refractivity contribution in [2.45, 2.75) is 44.3 Å². The van der Waals surface area contributed by atoms with Crippen LogP contribution in [0.5, 0.6) is 17.2 Å². The number of carbonyl (C=O) groups excluding carboxylic acids is 1. The molecule has 0 bridgehead atoms. The van der Waals surface area contributed by atoms with Crippen LogP contribution in [0.4, 0.5) is 5.82 Å². The Bertz CT molecular complexity index is 1880. The number of ether oxygens (including phenoxy) is 3. The van der Waals surface area contributed by atoms with Crippen LogP contribution >= 0.6 is 0 Å². The van der Waals surface area contributed by atoms with Gasteiger partial charge in [-0.05, 0) is 75.1 Å². The fourth-order valence-electron chi connectivity index (χ4n) is 5.64. The lowest BCUT2D eigenvalue weighted by atomic mass is 10.2. The monoisotopic (exact) mass is 577 g/mol. The molecule has 2 fully saturated rings. The number of aromatic nitrogens is 4. The van der Waals surface area contributed by atoms with Gasteiger partial charge in [0, 0.05) is 24.7 Å². The number of benzene rings is 2. The Labute approximate surface area is 247 Å². The molecule has 10 heteroatoms. The zero-order chi connectivity index (χ0) is 29.6. The molecule has 1 atom stereocenters. The van der Waals surface area contributed by atoms with Crippen molar-refractivity contribution in [1.82, 2.24) is 19.3 Å². The van der Waals surface area contributed by atoms with Crippen molar-refractivity contribution in [3.05, 3.63) is 101 Å². The summed E-state index contributed by atoms with van der Waals surface area (Å²) in [5.74, 6) is 1.61. The largest absolute Gasteiger partial charge is 0.491 e. The van der Waals surface area contributed by atoms with Crippen molar-refractivity contribution >= 4 is 22.6 Å². The molecule has 218 valence electrons. The maximum Gasteiger partial charge on any atom is 0.284 e. The number of rotatable bonds is 8. The van der Waals surface area contributed by atoms with E-state index < -0.39 is 11.5 Å². The average Bonchev–Trinajstić information content (AvgIpc) is 3.59. The summed E-state index contributed by atoms with van der Waals surface area (Å²) < 4.78 is 21.4. The Morgan fingerprint density at radius 2 is 1.86 bits per heavy atom. The van der Waals surface area contributed by atoms with Gasteiger partial charge in [-0.2, -0.15) is 0 Å². The van der Waals surface area contributed by atoms with Crippen LogP contribution in [0.1, 0.15) is 41.7 Å². The molecule has 1 aliphatic heterocycles. The van der Waals surface area contributed by atoms with Gasteiger partial charge < -0.3 is 19.5 Å². The summed E-state index contributed by atoms with van der Waals surface area (Å²) >= 11 is 0. The van der Waals surface area contributed by atoms with Crippen molar-refractivity contribution < 1.29 is 19.0 Å². The van der Waals surface area contributed by atoms with Gasteiger partial charge in [0.1, 0.15) is 35.2 Å². The summed E-state index contributed by atoms with van der Waals surface area (Å²) in [6, 6.07) is 20.1. The first-order chi connectivity index (χ1) is 20.9. The van der Waals surface area contributed by atoms with Crippen molar-refractivity contribution in [3.8, 4) is 22.9 Å². The van der Waals surface area contributed by atoms with Crippen molar-refractivity contribution in [1.29, 1.82) is 0 Å². The molecular weight excluding hydrogens is 546 g/mol. The van der Waals surface area contributed by atoms with Crippen LogP contribution in [0.25, 0.3) is 16.6 Å². The van der Waals surface area contributed by atoms with E-state index in [-0.39, 0.29) is 17.3 Å². The van der Waals surface area contributed by atoms with E-state index >= 15 is 0 Å². The molecular formula is C33H31N5O5. The maximum atomic E-state index is 13.2. The molecule has 1 N–H and O–H groups in total. The van der Waals surface area contributed by atoms with Crippen molar-refractivity contribution in [2.75, 3.05) is 11.9 Å². The van der Waals surface area contributed by atoms with E-state index in [4.69, 9.17) is 14.2 Å². The Balaban J connectivity index is 1.02. The normalized spacial score (nSPS) is 16.8. The smallest absolute Gasteiger partial charge is 0.284 e. The molecule has 1 unspecified atom stereocenters. The highest BCUT2D eigenvalue weighted by Crippen LogP contribution is 2.49. The fourth-order valence-corrected chi connectivity index (χ4v) is 5.64. The van der Waals surface area contributed by atoms with E-state index in [2.05, 4.69) is 15.3 Å². The van der Waals surface area contributed by atoms with E-state index in [1.54, 1.807) is 43.0 Å². The van der Waals surface area contributed by atoms with Gasteiger partial charge in [0.25, 0.3) is 11.5 Å². The number of hydrogen-bond acceptors (Lipinski definition) is 7. The lowest BCUT2D eigenvalue weighted by Gasteiger charge is -2.14. The molecule has 1 amide bonds. The third kappa shape index (κ3) is 5.25. The van der Waals surface area contributed by atoms with Crippen LogP contribution in [0.15, 0.2) is 83.9 Å². The van der Waals surface area contributed by atoms with Crippen molar-refractivity contribution in [3.63, 3.8) is 0 Å². The van der Waals surface area contributed by atoms with Crippen LogP contribution in [0.2, 0.25) is 0 Å². The van der Waals surface area contributed by atoms with Crippen LogP contribution < -0.4 is 20.3 Å². The van der Waals surface area contributed by atoms with Crippen molar-refractivity contribution in [2.24, 2.45) is 7.05 Å². The first-order valence-electron chi connectivity index (χ1n) is 14.4. The molecule has 1 saturated heterocycles. The summed E-state index contributed by atoms with van der Waals surface area (Å²) in [5, 5.41) is 3.56. The second-order valence-corrected chi connectivity index (χ2v) is 11.1. The second-order valence-electron chi connectivity index (χ2n) is 11.1. The number of carbonyl (C=O) groups is 1. The number of anilines is 1. The maximum absolute atomic E-state index is 13.2. The molecule has 0 radical (unpaired) electrons. The quantitative estimate of drug-likeness (QED) is 0.257. The Morgan fingerprint density at radius 3 is 2.60 bits per heavy atom. The predicted octanol–water partition coefficient (Wildman–Crippen LogP) is 5.56. The number of para-hydroxylation sites is 1. The molecule has 1 aliphatic carbocycles. The molecule has 43 heavy (non-hydrogen) atoms. The highest BCUT2D eigenvalue weighted by atomic mass is 16.6. The summed E-state index contributed by atoms with van der Waals surface area (Å²) in [6.07, 6.45) is 7.86. The third-order valence-electron chi connectivity index (χ3n) is 8.24. The number of fused-ring (bicyclic) bond motifs is 1. The molecule has 5 aromatic rings. The number of pyridine rings is 2. The highest BCUT2D eigenvalue weighted by molar-refractivity contribution is 6.04. The summed E-state index contributed by atoms with van der Waals surface area (Å²) in [4.78, 5) is 35.1. The molecule has 1 spiro atoms. The second kappa shape index (κ2) is 10.7. The molecule has 2 aliphatic rings. The predicted molar refractivity (Wildman–Crippen MR) is 161 cm³/mol. The number of hydrogen-bond donors (Lipinski definition) is 1. The number of nitrogens with zero attached hydrogens (tertiary/aromatic N) is 4. The summed E-state index contributed by atoms with van der Waals surface area (Å²) in [6.45, 7) is 2.27. The van der Waals surface area contributed by atoms with Gasteiger partial charge in [-0.1, -0.05) is 18.2 Å². The minimum atomic E-state index is -0.529. The number of amides is 1. The Kier molecular flexibility index (Phi) is 6.70. The van der Waals surface area contributed by atoms with E-state index in [0.29, 0.717) is 35.3 Å². The van der Waals surface area contributed by atoms with Crippen LogP contribution in [-0.4, -0.2) is 43.6 Å². The highest BCUT2D eigenvalue weighted by Gasteiger charge is 2.49. The standard InChI is InChI=1S/C33H31N5O5/c1-21-30(32(40)38(37(21)2)22-6-4-3-5-7-22)31(39)36-29-11-9-24(19-35-29)42-28-13-17-34-27-18-23(8-10-26(27)28)41-20-25-12-14-33(43-25)15-16-33/h3-11,13,17-19,25H,12,14-16,20H2,1-2H3,(H,35,36,39). The fraction of sp³-hybridized carbons (Fsp3) is 0.273. The lowest BCUT2D eigenvalue weighted by molar-refractivity contribution is 0.00383. The molecule has 2 aromatic carbocycles. The van der Waals surface area contributed by atoms with E-state index in [1.165, 1.54) is 23.7 Å². The first-order valence-corrected chi connectivity index (χ1v) is 14.4. The van der Waals surface area contributed by atoms with Gasteiger partial charge in [-0.3, -0.25) is 19.3 Å².